The van der Waals surface area contributed by atoms with E-state index in [2.05, 4.69) is 31.2 Å². The number of aliphatic imine (C=N–C) groups is 2. The normalized spacial score (nSPS) is 22.3. The summed E-state index contributed by atoms with van der Waals surface area (Å²) in [6.45, 7) is 3.86. The molecule has 0 bridgehead atoms. The Balaban J connectivity index is 1.11. The van der Waals surface area contributed by atoms with Crippen molar-refractivity contribution in [3.8, 4) is 5.69 Å². The number of amides is 1. The zero-order valence-corrected chi connectivity index (χ0v) is 23.8. The van der Waals surface area contributed by atoms with Crippen LogP contribution in [0.5, 0.6) is 0 Å². The second kappa shape index (κ2) is 11.0. The Morgan fingerprint density at radius 1 is 1.08 bits per heavy atom. The number of hydrazone groups is 1. The number of alkyl halides is 1. The molecule has 11 heteroatoms. The fraction of sp³-hybridized carbons (Fsp3) is 0.357. The van der Waals surface area contributed by atoms with Crippen LogP contribution in [0.3, 0.4) is 0 Å². The molecule has 3 aliphatic heterocycles. The molecule has 1 fully saturated rings. The van der Waals surface area contributed by atoms with Crippen LogP contribution in [0.1, 0.15) is 41.0 Å². The van der Waals surface area contributed by atoms with Crippen molar-refractivity contribution in [1.82, 2.24) is 24.9 Å². The molecule has 0 radical (unpaired) electrons. The maximum Gasteiger partial charge on any atom is 0.276 e. The lowest BCUT2D eigenvalue weighted by molar-refractivity contribution is 0.0686. The van der Waals surface area contributed by atoms with E-state index in [1.807, 2.05) is 77.6 Å². The second-order valence-electron chi connectivity index (χ2n) is 9.95. The average molecular weight is 608 g/mol. The number of nitrogens with zero attached hydrogens (tertiary/aromatic N) is 8. The van der Waals surface area contributed by atoms with Gasteiger partial charge in [0.1, 0.15) is 5.84 Å². The van der Waals surface area contributed by atoms with Crippen molar-refractivity contribution >= 4 is 51.2 Å². The van der Waals surface area contributed by atoms with Crippen LogP contribution < -0.4 is 0 Å². The summed E-state index contributed by atoms with van der Waals surface area (Å²) < 4.78 is 0. The number of halogens is 2. The number of aromatic nitrogens is 3. The first kappa shape index (κ1) is 25.9. The van der Waals surface area contributed by atoms with Gasteiger partial charge in [-0.2, -0.15) is 15.0 Å². The third kappa shape index (κ3) is 5.27. The van der Waals surface area contributed by atoms with Crippen LogP contribution in [0, 0.1) is 12.8 Å². The second-order valence-corrected chi connectivity index (χ2v) is 11.4. The fourth-order valence-corrected chi connectivity index (χ4v) is 5.83. The number of piperidine rings is 1. The van der Waals surface area contributed by atoms with Gasteiger partial charge < -0.3 is 4.90 Å². The molecule has 2 unspecified atom stereocenters. The van der Waals surface area contributed by atoms with Crippen molar-refractivity contribution in [3.05, 3.63) is 76.6 Å². The van der Waals surface area contributed by atoms with E-state index in [-0.39, 0.29) is 16.9 Å². The number of hydrogen-bond donors (Lipinski definition) is 0. The number of benzene rings is 2. The minimum Gasteiger partial charge on any atom is -0.337 e. The minimum atomic E-state index is -0.171. The third-order valence-corrected chi connectivity index (χ3v) is 8.38. The molecule has 4 heterocycles. The Hall–Kier alpha value is -3.37. The first-order valence-corrected chi connectivity index (χ1v) is 14.4. The van der Waals surface area contributed by atoms with Crippen molar-refractivity contribution in [2.24, 2.45) is 21.0 Å². The van der Waals surface area contributed by atoms with Crippen molar-refractivity contribution < 1.29 is 4.79 Å². The highest BCUT2D eigenvalue weighted by molar-refractivity contribution is 9.10. The van der Waals surface area contributed by atoms with Gasteiger partial charge in [-0.3, -0.25) is 14.8 Å². The quantitative estimate of drug-likeness (QED) is 0.391. The van der Waals surface area contributed by atoms with Crippen LogP contribution in [-0.4, -0.2) is 79.2 Å². The Labute approximate surface area is 240 Å². The Morgan fingerprint density at radius 2 is 1.82 bits per heavy atom. The fourth-order valence-electron chi connectivity index (χ4n) is 5.14. The maximum atomic E-state index is 13.3. The number of carbonyl (C=O) groups is 1. The molecule has 2 atom stereocenters. The summed E-state index contributed by atoms with van der Waals surface area (Å²) in [5.74, 6) is 1.22. The van der Waals surface area contributed by atoms with Crippen molar-refractivity contribution in [2.45, 2.75) is 37.2 Å². The summed E-state index contributed by atoms with van der Waals surface area (Å²) in [5.41, 5.74) is 3.74. The number of fused-ring (bicyclic) bond motifs is 1. The van der Waals surface area contributed by atoms with Gasteiger partial charge >= 0.3 is 0 Å². The third-order valence-electron chi connectivity index (χ3n) is 7.34. The van der Waals surface area contributed by atoms with Gasteiger partial charge in [-0.25, -0.2) is 5.01 Å². The van der Waals surface area contributed by atoms with E-state index in [1.165, 1.54) is 4.80 Å². The standard InChI is InChI=1S/C28H28BrClN8O/c1-18-26(35-38(34-18)20-7-3-2-4-8-20)28(39)36-13-11-19(12-14-36)16-31-25-15-24(21-9-5-6-10-23(21)30)33-27-22(29)17-32-37(25)27/h2-10,17,19,22,27H,11-16H2,1H3. The van der Waals surface area contributed by atoms with Crippen molar-refractivity contribution in [3.63, 3.8) is 0 Å². The first-order valence-electron chi connectivity index (χ1n) is 13.1. The zero-order valence-electron chi connectivity index (χ0n) is 21.5. The summed E-state index contributed by atoms with van der Waals surface area (Å²) in [4.78, 5) is 26.6. The predicted molar refractivity (Wildman–Crippen MR) is 156 cm³/mol. The lowest BCUT2D eigenvalue weighted by atomic mass is 9.96. The Morgan fingerprint density at radius 3 is 2.59 bits per heavy atom. The molecule has 1 amide bonds. The smallest absolute Gasteiger partial charge is 0.276 e. The minimum absolute atomic E-state index is 0.0121. The number of hydrogen-bond acceptors (Lipinski definition) is 6. The zero-order chi connectivity index (χ0) is 26.9. The number of carbonyl (C=O) groups excluding carboxylic acids is 1. The number of aryl methyl sites for hydroxylation is 1. The largest absolute Gasteiger partial charge is 0.337 e. The first-order chi connectivity index (χ1) is 19.0. The molecule has 0 saturated carbocycles. The highest BCUT2D eigenvalue weighted by Gasteiger charge is 2.37. The van der Waals surface area contributed by atoms with Gasteiger partial charge in [-0.1, -0.05) is 63.9 Å². The van der Waals surface area contributed by atoms with Crippen molar-refractivity contribution in [1.29, 1.82) is 0 Å². The van der Waals surface area contributed by atoms with E-state index < -0.39 is 0 Å². The number of rotatable bonds is 5. The summed E-state index contributed by atoms with van der Waals surface area (Å²) in [6.07, 6.45) is 4.03. The predicted octanol–water partition coefficient (Wildman–Crippen LogP) is 4.76. The topological polar surface area (TPSA) is 91.3 Å². The Kier molecular flexibility index (Phi) is 7.31. The molecule has 9 nitrogen and oxygen atoms in total. The Bertz CT molecular complexity index is 1460. The van der Waals surface area contributed by atoms with Crippen LogP contribution in [0.15, 0.2) is 69.7 Å². The van der Waals surface area contributed by atoms with Crippen LogP contribution in [0.25, 0.3) is 5.69 Å². The monoisotopic (exact) mass is 606 g/mol. The van der Waals surface area contributed by atoms with Crippen LogP contribution in [0.2, 0.25) is 5.02 Å². The van der Waals surface area contributed by atoms with Gasteiger partial charge in [0.2, 0.25) is 0 Å². The molecule has 0 N–H and O–H groups in total. The van der Waals surface area contributed by atoms with Crippen molar-refractivity contribution in [2.75, 3.05) is 19.6 Å². The molecule has 1 aromatic heterocycles. The van der Waals surface area contributed by atoms with Gasteiger partial charge in [0.15, 0.2) is 11.9 Å². The van der Waals surface area contributed by atoms with Gasteiger partial charge in [-0.05, 0) is 43.9 Å². The lowest BCUT2D eigenvalue weighted by Gasteiger charge is -2.32. The van der Waals surface area contributed by atoms with Crippen LogP contribution >= 0.6 is 27.5 Å². The molecular formula is C28H28BrClN8O. The molecular weight excluding hydrogens is 580 g/mol. The highest BCUT2D eigenvalue weighted by Crippen LogP contribution is 2.29. The molecule has 3 aliphatic rings. The summed E-state index contributed by atoms with van der Waals surface area (Å²) in [5, 5.41) is 16.1. The number of para-hydroxylation sites is 1. The SMILES string of the molecule is Cc1nn(-c2ccccc2)nc1C(=O)N1CCC(CN=C2CC(c3ccccc3Cl)=NC3C(Br)C=NN23)CC1. The number of likely N-dealkylation sites (tertiary alicyclic amines) is 1. The van der Waals surface area contributed by atoms with E-state index >= 15 is 0 Å². The van der Waals surface area contributed by atoms with Crippen LogP contribution in [-0.2, 0) is 0 Å². The van der Waals surface area contributed by atoms with E-state index in [4.69, 9.17) is 21.6 Å². The summed E-state index contributed by atoms with van der Waals surface area (Å²) in [7, 11) is 0. The lowest BCUT2D eigenvalue weighted by Crippen LogP contribution is -2.42. The van der Waals surface area contributed by atoms with E-state index in [9.17, 15) is 4.79 Å². The molecule has 200 valence electrons. The van der Waals surface area contributed by atoms with Gasteiger partial charge in [0.25, 0.3) is 5.91 Å². The molecule has 0 spiro atoms. The molecule has 2 aromatic carbocycles. The van der Waals surface area contributed by atoms with Crippen LogP contribution in [0.4, 0.5) is 0 Å². The van der Waals surface area contributed by atoms with Gasteiger partial charge in [-0.15, -0.1) is 5.10 Å². The average Bonchev–Trinajstić information content (AvgIpc) is 3.55. The van der Waals surface area contributed by atoms with E-state index in [1.54, 1.807) is 0 Å². The summed E-state index contributed by atoms with van der Waals surface area (Å²) >= 11 is 10.2. The van der Waals surface area contributed by atoms with E-state index in [0.29, 0.717) is 48.4 Å². The van der Waals surface area contributed by atoms with E-state index in [0.717, 1.165) is 35.6 Å². The molecule has 3 aromatic rings. The molecule has 0 aliphatic carbocycles. The highest BCUT2D eigenvalue weighted by atomic mass is 79.9. The molecule has 39 heavy (non-hydrogen) atoms. The maximum absolute atomic E-state index is 13.3. The summed E-state index contributed by atoms with van der Waals surface area (Å²) in [6, 6.07) is 17.4. The van der Waals surface area contributed by atoms with Gasteiger partial charge in [0.05, 0.1) is 21.9 Å². The number of amidine groups is 1. The molecule has 1 saturated heterocycles. The molecule has 6 rings (SSSR count). The van der Waals surface area contributed by atoms with Gasteiger partial charge in [0, 0.05) is 42.9 Å².